The number of carbonyl (C=O) groups is 2. The fourth-order valence-corrected chi connectivity index (χ4v) is 3.55. The third-order valence-electron chi connectivity index (χ3n) is 4.92. The largest absolute Gasteiger partial charge is 0.338 e. The molecule has 2 saturated heterocycles. The van der Waals surface area contributed by atoms with Gasteiger partial charge in [0.05, 0.1) is 12.5 Å². The second-order valence-corrected chi connectivity index (χ2v) is 6.53. The number of aromatic nitrogens is 1. The molecule has 0 atom stereocenters. The molecule has 2 amide bonds. The van der Waals surface area contributed by atoms with E-state index in [4.69, 9.17) is 0 Å². The van der Waals surface area contributed by atoms with Gasteiger partial charge in [0.2, 0.25) is 11.8 Å². The Balaban J connectivity index is 1.42. The Kier molecular flexibility index (Phi) is 3.59. The van der Waals surface area contributed by atoms with E-state index in [2.05, 4.69) is 4.98 Å². The lowest BCUT2D eigenvalue weighted by Gasteiger charge is -2.44. The number of likely N-dealkylation sites (tertiary alicyclic amines) is 2. The second-order valence-electron chi connectivity index (χ2n) is 6.53. The summed E-state index contributed by atoms with van der Waals surface area (Å²) in [6, 6.07) is 9.36. The van der Waals surface area contributed by atoms with Crippen LogP contribution in [0.4, 0.5) is 0 Å². The van der Waals surface area contributed by atoms with Crippen LogP contribution in [0.1, 0.15) is 18.5 Å². The lowest BCUT2D eigenvalue weighted by Crippen LogP contribution is -2.61. The minimum Gasteiger partial charge on any atom is -0.338 e. The fourth-order valence-electron chi connectivity index (χ4n) is 3.55. The van der Waals surface area contributed by atoms with E-state index in [1.165, 1.54) is 0 Å². The molecule has 6 nitrogen and oxygen atoms in total. The Hall–Kier alpha value is -2.63. The van der Waals surface area contributed by atoms with E-state index in [1.54, 1.807) is 11.0 Å². The van der Waals surface area contributed by atoms with Gasteiger partial charge in [0.1, 0.15) is 0 Å². The molecule has 1 aromatic carbocycles. The van der Waals surface area contributed by atoms with Gasteiger partial charge in [-0.2, -0.15) is 0 Å². The number of H-pyrrole nitrogens is 1. The quantitative estimate of drug-likeness (QED) is 0.911. The molecule has 3 heterocycles. The van der Waals surface area contributed by atoms with E-state index in [0.717, 1.165) is 18.4 Å². The highest BCUT2D eigenvalue weighted by Crippen LogP contribution is 2.22. The summed E-state index contributed by atoms with van der Waals surface area (Å²) < 4.78 is 0. The van der Waals surface area contributed by atoms with Crippen LogP contribution in [0.5, 0.6) is 0 Å². The highest BCUT2D eigenvalue weighted by atomic mass is 16.2. The van der Waals surface area contributed by atoms with Crippen LogP contribution < -0.4 is 5.56 Å². The van der Waals surface area contributed by atoms with Gasteiger partial charge in [-0.25, -0.2) is 0 Å². The average Bonchev–Trinajstić information content (AvgIpc) is 2.92. The number of aromatic amines is 1. The normalized spacial score (nSPS) is 18.2. The number of hydrogen-bond acceptors (Lipinski definition) is 3. The number of nitrogens with zero attached hydrogens (tertiary/aromatic N) is 2. The molecule has 6 heteroatoms. The van der Waals surface area contributed by atoms with E-state index in [1.807, 2.05) is 29.2 Å². The maximum absolute atomic E-state index is 12.4. The van der Waals surface area contributed by atoms with Crippen molar-refractivity contribution in [2.45, 2.75) is 25.3 Å². The lowest BCUT2D eigenvalue weighted by molar-refractivity contribution is -0.143. The highest BCUT2D eigenvalue weighted by Gasteiger charge is 2.38. The number of benzene rings is 1. The Labute approximate surface area is 139 Å². The van der Waals surface area contributed by atoms with Crippen LogP contribution in [-0.2, 0) is 16.0 Å². The molecular formula is C18H19N3O3. The zero-order chi connectivity index (χ0) is 16.7. The van der Waals surface area contributed by atoms with Crippen molar-refractivity contribution in [3.63, 3.8) is 0 Å². The maximum Gasteiger partial charge on any atom is 0.256 e. The van der Waals surface area contributed by atoms with E-state index in [9.17, 15) is 14.4 Å². The minimum atomic E-state index is -0.167. The van der Waals surface area contributed by atoms with Crippen LogP contribution in [0, 0.1) is 0 Å². The van der Waals surface area contributed by atoms with Crippen molar-refractivity contribution in [1.82, 2.24) is 14.8 Å². The van der Waals surface area contributed by atoms with E-state index in [-0.39, 0.29) is 29.8 Å². The molecule has 0 bridgehead atoms. The molecule has 4 rings (SSSR count). The molecular weight excluding hydrogens is 306 g/mol. The number of rotatable bonds is 3. The van der Waals surface area contributed by atoms with E-state index >= 15 is 0 Å². The molecule has 2 aliphatic rings. The first-order chi connectivity index (χ1) is 11.6. The van der Waals surface area contributed by atoms with Gasteiger partial charge in [0, 0.05) is 37.1 Å². The van der Waals surface area contributed by atoms with Gasteiger partial charge in [-0.3, -0.25) is 14.4 Å². The Morgan fingerprint density at radius 2 is 2.00 bits per heavy atom. The van der Waals surface area contributed by atoms with Crippen molar-refractivity contribution in [2.24, 2.45) is 0 Å². The maximum atomic E-state index is 12.4. The van der Waals surface area contributed by atoms with Gasteiger partial charge < -0.3 is 14.8 Å². The number of amides is 2. The number of nitrogens with one attached hydrogen (secondary N) is 1. The first kappa shape index (κ1) is 14.9. The molecule has 0 aliphatic carbocycles. The fraction of sp³-hybridized carbons (Fsp3) is 0.389. The summed E-state index contributed by atoms with van der Waals surface area (Å²) in [7, 11) is 0. The predicted molar refractivity (Wildman–Crippen MR) is 89.6 cm³/mol. The molecule has 0 radical (unpaired) electrons. The van der Waals surface area contributed by atoms with Gasteiger partial charge >= 0.3 is 0 Å². The molecule has 2 fully saturated rings. The van der Waals surface area contributed by atoms with Crippen molar-refractivity contribution in [3.8, 4) is 0 Å². The topological polar surface area (TPSA) is 73.5 Å². The van der Waals surface area contributed by atoms with Gasteiger partial charge in [-0.05, 0) is 23.9 Å². The Morgan fingerprint density at radius 3 is 2.75 bits per heavy atom. The average molecular weight is 325 g/mol. The third-order valence-corrected chi connectivity index (χ3v) is 4.92. The zero-order valence-corrected chi connectivity index (χ0v) is 13.3. The number of pyridine rings is 1. The molecule has 0 unspecified atom stereocenters. The van der Waals surface area contributed by atoms with Crippen molar-refractivity contribution in [1.29, 1.82) is 0 Å². The SMILES string of the molecule is O=C(Cc1cc2ccccc2c(=O)[nH]1)N1CC(N2CCCC2=O)C1. The Morgan fingerprint density at radius 1 is 1.21 bits per heavy atom. The third kappa shape index (κ3) is 2.58. The standard InChI is InChI=1S/C18H19N3O3/c22-16-6-3-7-21(16)14-10-20(11-14)17(23)9-13-8-12-4-1-2-5-15(12)18(24)19-13/h1-2,4-5,8,14H,3,6-7,9-11H2,(H,19,24). The Bertz CT molecular complexity index is 867. The molecule has 2 aromatic rings. The summed E-state index contributed by atoms with van der Waals surface area (Å²) >= 11 is 0. The van der Waals surface area contributed by atoms with Crippen LogP contribution >= 0.6 is 0 Å². The molecule has 0 saturated carbocycles. The second kappa shape index (κ2) is 5.78. The zero-order valence-electron chi connectivity index (χ0n) is 13.3. The lowest BCUT2D eigenvalue weighted by atomic mass is 10.1. The first-order valence-corrected chi connectivity index (χ1v) is 8.30. The molecule has 124 valence electrons. The van der Waals surface area contributed by atoms with Crippen molar-refractivity contribution < 1.29 is 9.59 Å². The van der Waals surface area contributed by atoms with E-state index < -0.39 is 0 Å². The summed E-state index contributed by atoms with van der Waals surface area (Å²) in [6.07, 6.45) is 1.73. The highest BCUT2D eigenvalue weighted by molar-refractivity contribution is 5.84. The van der Waals surface area contributed by atoms with Gasteiger partial charge in [0.25, 0.3) is 5.56 Å². The van der Waals surface area contributed by atoms with Crippen molar-refractivity contribution in [3.05, 3.63) is 46.4 Å². The van der Waals surface area contributed by atoms with Gasteiger partial charge in [-0.15, -0.1) is 0 Å². The summed E-state index contributed by atoms with van der Waals surface area (Å²) in [5.74, 6) is 0.190. The monoisotopic (exact) mass is 325 g/mol. The summed E-state index contributed by atoms with van der Waals surface area (Å²) in [5, 5.41) is 1.47. The van der Waals surface area contributed by atoms with Gasteiger partial charge in [-0.1, -0.05) is 18.2 Å². The van der Waals surface area contributed by atoms with Crippen LogP contribution in [0.25, 0.3) is 10.8 Å². The molecule has 24 heavy (non-hydrogen) atoms. The summed E-state index contributed by atoms with van der Waals surface area (Å²) in [4.78, 5) is 42.6. The molecule has 1 aromatic heterocycles. The molecule has 2 aliphatic heterocycles. The number of carbonyl (C=O) groups excluding carboxylic acids is 2. The summed E-state index contributed by atoms with van der Waals surface area (Å²) in [6.45, 7) is 2.01. The van der Waals surface area contributed by atoms with Crippen molar-refractivity contribution >= 4 is 22.6 Å². The van der Waals surface area contributed by atoms with E-state index in [0.29, 0.717) is 30.6 Å². The van der Waals surface area contributed by atoms with Crippen LogP contribution in [0.3, 0.4) is 0 Å². The van der Waals surface area contributed by atoms with Crippen LogP contribution in [-0.4, -0.2) is 52.3 Å². The van der Waals surface area contributed by atoms with Crippen LogP contribution in [0.2, 0.25) is 0 Å². The molecule has 1 N–H and O–H groups in total. The first-order valence-electron chi connectivity index (χ1n) is 8.30. The van der Waals surface area contributed by atoms with Crippen LogP contribution in [0.15, 0.2) is 35.1 Å². The summed E-state index contributed by atoms with van der Waals surface area (Å²) in [5.41, 5.74) is 0.462. The smallest absolute Gasteiger partial charge is 0.256 e. The molecule has 0 spiro atoms. The van der Waals surface area contributed by atoms with Crippen molar-refractivity contribution in [2.75, 3.05) is 19.6 Å². The predicted octanol–water partition coefficient (Wildman–Crippen LogP) is 0.904. The minimum absolute atomic E-state index is 0.0103. The number of hydrogen-bond donors (Lipinski definition) is 1. The van der Waals surface area contributed by atoms with Gasteiger partial charge in [0.15, 0.2) is 0 Å². The number of fused-ring (bicyclic) bond motifs is 1.